The van der Waals surface area contributed by atoms with Crippen molar-refractivity contribution in [1.82, 2.24) is 15.1 Å². The van der Waals surface area contributed by atoms with Crippen LogP contribution in [0.3, 0.4) is 0 Å². The molecule has 6 heteroatoms. The van der Waals surface area contributed by atoms with E-state index >= 15 is 0 Å². The second-order valence-electron chi connectivity index (χ2n) is 5.73. The molecular formula is C17H20ClN3O2. The molecule has 1 saturated carbocycles. The van der Waals surface area contributed by atoms with Crippen LogP contribution in [0.4, 0.5) is 0 Å². The second-order valence-corrected chi connectivity index (χ2v) is 6.14. The summed E-state index contributed by atoms with van der Waals surface area (Å²) < 4.78 is 7.19. The van der Waals surface area contributed by atoms with Gasteiger partial charge in [0.05, 0.1) is 5.02 Å². The number of benzene rings is 1. The zero-order valence-corrected chi connectivity index (χ0v) is 13.6. The van der Waals surface area contributed by atoms with E-state index in [1.165, 1.54) is 19.3 Å². The van der Waals surface area contributed by atoms with Crippen molar-refractivity contribution in [1.29, 1.82) is 0 Å². The van der Waals surface area contributed by atoms with Gasteiger partial charge in [-0.1, -0.05) is 43.0 Å². The average molecular weight is 334 g/mol. The van der Waals surface area contributed by atoms with E-state index in [1.54, 1.807) is 29.1 Å². The largest absolute Gasteiger partial charge is 0.470 e. The number of carbonyl (C=O) groups excluding carboxylic acids is 1. The van der Waals surface area contributed by atoms with Crippen LogP contribution in [0.5, 0.6) is 5.75 Å². The summed E-state index contributed by atoms with van der Waals surface area (Å²) in [5, 5.41) is 7.79. The lowest BCUT2D eigenvalue weighted by molar-refractivity contribution is 0.0906. The van der Waals surface area contributed by atoms with E-state index in [-0.39, 0.29) is 18.7 Å². The zero-order chi connectivity index (χ0) is 16.1. The van der Waals surface area contributed by atoms with Crippen molar-refractivity contribution in [3.63, 3.8) is 0 Å². The van der Waals surface area contributed by atoms with E-state index in [4.69, 9.17) is 16.3 Å². The molecule has 122 valence electrons. The predicted molar refractivity (Wildman–Crippen MR) is 88.6 cm³/mol. The number of nitrogens with zero attached hydrogens (tertiary/aromatic N) is 2. The van der Waals surface area contributed by atoms with Crippen LogP contribution in [0, 0.1) is 0 Å². The SMILES string of the molecule is O=C(NC1CCCCC1)c1ccnn1COc1ccccc1Cl. The van der Waals surface area contributed by atoms with Crippen molar-refractivity contribution in [2.75, 3.05) is 0 Å². The van der Waals surface area contributed by atoms with E-state index in [2.05, 4.69) is 10.4 Å². The summed E-state index contributed by atoms with van der Waals surface area (Å²) in [6.45, 7) is 0.143. The Kier molecular flexibility index (Phi) is 5.18. The van der Waals surface area contributed by atoms with Gasteiger partial charge >= 0.3 is 0 Å². The molecule has 2 aromatic rings. The van der Waals surface area contributed by atoms with Gasteiger partial charge in [-0.25, -0.2) is 4.68 Å². The fraction of sp³-hybridized carbons (Fsp3) is 0.412. The molecule has 23 heavy (non-hydrogen) atoms. The van der Waals surface area contributed by atoms with Gasteiger partial charge in [-0.2, -0.15) is 5.10 Å². The minimum atomic E-state index is -0.0999. The first kappa shape index (κ1) is 15.9. The van der Waals surface area contributed by atoms with Crippen molar-refractivity contribution in [3.05, 3.63) is 47.2 Å². The van der Waals surface area contributed by atoms with Gasteiger partial charge in [-0.15, -0.1) is 0 Å². The molecule has 0 atom stereocenters. The molecule has 0 saturated heterocycles. The predicted octanol–water partition coefficient (Wildman–Crippen LogP) is 3.64. The topological polar surface area (TPSA) is 56.2 Å². The second kappa shape index (κ2) is 7.51. The van der Waals surface area contributed by atoms with Gasteiger partial charge < -0.3 is 10.1 Å². The molecule has 1 aromatic heterocycles. The van der Waals surface area contributed by atoms with Crippen molar-refractivity contribution >= 4 is 17.5 Å². The van der Waals surface area contributed by atoms with Crippen molar-refractivity contribution in [3.8, 4) is 5.75 Å². The lowest BCUT2D eigenvalue weighted by atomic mass is 9.95. The van der Waals surface area contributed by atoms with Crippen molar-refractivity contribution < 1.29 is 9.53 Å². The number of halogens is 1. The first-order valence-electron chi connectivity index (χ1n) is 7.94. The van der Waals surface area contributed by atoms with Crippen LogP contribution in [-0.4, -0.2) is 21.7 Å². The average Bonchev–Trinajstić information content (AvgIpc) is 3.04. The Morgan fingerprint density at radius 1 is 1.26 bits per heavy atom. The quantitative estimate of drug-likeness (QED) is 0.909. The van der Waals surface area contributed by atoms with Gasteiger partial charge in [0, 0.05) is 12.2 Å². The number of para-hydroxylation sites is 1. The fourth-order valence-corrected chi connectivity index (χ4v) is 3.02. The molecule has 1 amide bonds. The smallest absolute Gasteiger partial charge is 0.269 e. The van der Waals surface area contributed by atoms with Crippen LogP contribution in [-0.2, 0) is 6.73 Å². The number of ether oxygens (including phenoxy) is 1. The maximum Gasteiger partial charge on any atom is 0.269 e. The monoisotopic (exact) mass is 333 g/mol. The first-order valence-corrected chi connectivity index (χ1v) is 8.32. The third-order valence-corrected chi connectivity index (χ3v) is 4.38. The standard InChI is InChI=1S/C17H20ClN3O2/c18-14-8-4-5-9-16(14)23-12-21-15(10-11-19-21)17(22)20-13-6-2-1-3-7-13/h4-5,8-11,13H,1-3,6-7,12H2,(H,20,22). The molecule has 1 N–H and O–H groups in total. The van der Waals surface area contributed by atoms with Gasteiger partial charge in [-0.05, 0) is 31.0 Å². The van der Waals surface area contributed by atoms with Gasteiger partial charge in [0.1, 0.15) is 11.4 Å². The van der Waals surface area contributed by atoms with Gasteiger partial charge in [0.2, 0.25) is 0 Å². The number of rotatable bonds is 5. The van der Waals surface area contributed by atoms with E-state index in [0.29, 0.717) is 16.5 Å². The Bertz CT molecular complexity index is 665. The number of hydrogen-bond acceptors (Lipinski definition) is 3. The highest BCUT2D eigenvalue weighted by Gasteiger charge is 2.19. The molecule has 0 aliphatic heterocycles. The van der Waals surface area contributed by atoms with Gasteiger partial charge in [0.15, 0.2) is 6.73 Å². The third-order valence-electron chi connectivity index (χ3n) is 4.07. The molecule has 3 rings (SSSR count). The van der Waals surface area contributed by atoms with Crippen LogP contribution >= 0.6 is 11.6 Å². The number of amides is 1. The summed E-state index contributed by atoms with van der Waals surface area (Å²) in [4.78, 5) is 12.4. The number of aromatic nitrogens is 2. The molecule has 0 radical (unpaired) electrons. The highest BCUT2D eigenvalue weighted by Crippen LogP contribution is 2.23. The summed E-state index contributed by atoms with van der Waals surface area (Å²) in [6, 6.07) is 9.20. The zero-order valence-electron chi connectivity index (χ0n) is 12.9. The minimum Gasteiger partial charge on any atom is -0.470 e. The van der Waals surface area contributed by atoms with Crippen LogP contribution in [0.25, 0.3) is 0 Å². The van der Waals surface area contributed by atoms with E-state index < -0.39 is 0 Å². The van der Waals surface area contributed by atoms with E-state index in [0.717, 1.165) is 12.8 Å². The molecule has 1 aliphatic carbocycles. The number of carbonyl (C=O) groups is 1. The molecule has 0 bridgehead atoms. The molecule has 0 spiro atoms. The number of nitrogens with one attached hydrogen (secondary N) is 1. The highest BCUT2D eigenvalue weighted by atomic mass is 35.5. The first-order chi connectivity index (χ1) is 11.2. The lowest BCUT2D eigenvalue weighted by Crippen LogP contribution is -2.37. The Morgan fingerprint density at radius 2 is 2.04 bits per heavy atom. The fourth-order valence-electron chi connectivity index (χ4n) is 2.83. The van der Waals surface area contributed by atoms with Crippen molar-refractivity contribution in [2.24, 2.45) is 0 Å². The Labute approximate surface area is 140 Å². The van der Waals surface area contributed by atoms with Crippen LogP contribution in [0.2, 0.25) is 5.02 Å². The molecule has 1 aromatic carbocycles. The van der Waals surface area contributed by atoms with E-state index in [9.17, 15) is 4.79 Å². The maximum absolute atomic E-state index is 12.4. The molecule has 1 fully saturated rings. The van der Waals surface area contributed by atoms with Gasteiger partial charge in [0.25, 0.3) is 5.91 Å². The van der Waals surface area contributed by atoms with Crippen LogP contribution in [0.1, 0.15) is 42.6 Å². The van der Waals surface area contributed by atoms with Gasteiger partial charge in [-0.3, -0.25) is 4.79 Å². The Balaban J connectivity index is 1.62. The summed E-state index contributed by atoms with van der Waals surface area (Å²) in [6.07, 6.45) is 7.33. The highest BCUT2D eigenvalue weighted by molar-refractivity contribution is 6.32. The molecular weight excluding hydrogens is 314 g/mol. The molecule has 5 nitrogen and oxygen atoms in total. The Morgan fingerprint density at radius 3 is 2.83 bits per heavy atom. The molecule has 1 heterocycles. The third kappa shape index (κ3) is 4.05. The summed E-state index contributed by atoms with van der Waals surface area (Å²) in [7, 11) is 0. The summed E-state index contributed by atoms with van der Waals surface area (Å²) >= 11 is 6.06. The lowest BCUT2D eigenvalue weighted by Gasteiger charge is -2.22. The van der Waals surface area contributed by atoms with Crippen LogP contribution < -0.4 is 10.1 Å². The Hall–Kier alpha value is -2.01. The minimum absolute atomic E-state index is 0.0999. The number of hydrogen-bond donors (Lipinski definition) is 1. The maximum atomic E-state index is 12.4. The van der Waals surface area contributed by atoms with Crippen molar-refractivity contribution in [2.45, 2.75) is 44.9 Å². The van der Waals surface area contributed by atoms with E-state index in [1.807, 2.05) is 12.1 Å². The summed E-state index contributed by atoms with van der Waals surface area (Å²) in [5.41, 5.74) is 0.502. The molecule has 0 unspecified atom stereocenters. The summed E-state index contributed by atoms with van der Waals surface area (Å²) in [5.74, 6) is 0.473. The molecule has 1 aliphatic rings. The normalized spacial score (nSPS) is 15.3. The van der Waals surface area contributed by atoms with Crippen LogP contribution in [0.15, 0.2) is 36.5 Å².